The van der Waals surface area contributed by atoms with Crippen LogP contribution in [0.2, 0.25) is 0 Å². The van der Waals surface area contributed by atoms with Gasteiger partial charge in [0.1, 0.15) is 11.4 Å². The minimum absolute atomic E-state index is 0.0397. The van der Waals surface area contributed by atoms with E-state index in [0.717, 1.165) is 0 Å². The predicted molar refractivity (Wildman–Crippen MR) is 77.7 cm³/mol. The highest BCUT2D eigenvalue weighted by Crippen LogP contribution is 2.20. The third-order valence-corrected chi connectivity index (χ3v) is 3.17. The third-order valence-electron chi connectivity index (χ3n) is 2.92. The van der Waals surface area contributed by atoms with Gasteiger partial charge < -0.3 is 4.74 Å². The van der Waals surface area contributed by atoms with Crippen molar-refractivity contribution < 1.29 is 13.9 Å². The van der Waals surface area contributed by atoms with Gasteiger partial charge in [-0.15, -0.1) is 11.6 Å². The van der Waals surface area contributed by atoms with Gasteiger partial charge in [-0.2, -0.15) is 0 Å². The fourth-order valence-electron chi connectivity index (χ4n) is 1.77. The van der Waals surface area contributed by atoms with Gasteiger partial charge in [0.25, 0.3) is 0 Å². The van der Waals surface area contributed by atoms with Crippen LogP contribution >= 0.6 is 11.6 Å². The van der Waals surface area contributed by atoms with E-state index in [9.17, 15) is 9.18 Å². The number of halogens is 2. The molecule has 4 nitrogen and oxygen atoms in total. The van der Waals surface area contributed by atoms with Crippen molar-refractivity contribution in [1.82, 2.24) is 9.97 Å². The monoisotopic (exact) mass is 308 g/mol. The number of benzene rings is 1. The Bertz CT molecular complexity index is 677. The second-order valence-corrected chi connectivity index (χ2v) is 4.64. The average molecular weight is 309 g/mol. The lowest BCUT2D eigenvalue weighted by Gasteiger charge is -2.08. The van der Waals surface area contributed by atoms with Crippen LogP contribution in [0.25, 0.3) is 11.4 Å². The van der Waals surface area contributed by atoms with E-state index in [4.69, 9.17) is 16.3 Å². The molecule has 1 heterocycles. The lowest BCUT2D eigenvalue weighted by molar-refractivity contribution is 0.0524. The first-order valence-corrected chi connectivity index (χ1v) is 6.95. The average Bonchev–Trinajstić information content (AvgIpc) is 2.49. The van der Waals surface area contributed by atoms with Crippen LogP contribution in [0.1, 0.15) is 28.5 Å². The number of nitrogens with zero attached hydrogens (tertiary/aromatic N) is 2. The number of carbonyl (C=O) groups excluding carboxylic acids is 1. The van der Waals surface area contributed by atoms with Crippen LogP contribution in [-0.4, -0.2) is 22.5 Å². The van der Waals surface area contributed by atoms with Crippen molar-refractivity contribution in [3.05, 3.63) is 47.0 Å². The Kier molecular flexibility index (Phi) is 4.85. The lowest BCUT2D eigenvalue weighted by Crippen LogP contribution is -2.10. The topological polar surface area (TPSA) is 52.1 Å². The van der Waals surface area contributed by atoms with Gasteiger partial charge in [-0.25, -0.2) is 19.2 Å². The summed E-state index contributed by atoms with van der Waals surface area (Å²) < 4.78 is 18.5. The zero-order valence-electron chi connectivity index (χ0n) is 11.7. The molecule has 1 aromatic carbocycles. The number of carbonyl (C=O) groups is 1. The molecule has 21 heavy (non-hydrogen) atoms. The summed E-state index contributed by atoms with van der Waals surface area (Å²) in [7, 11) is 0. The van der Waals surface area contributed by atoms with Crippen molar-refractivity contribution in [2.45, 2.75) is 19.7 Å². The van der Waals surface area contributed by atoms with Crippen molar-refractivity contribution >= 4 is 17.6 Å². The zero-order valence-corrected chi connectivity index (χ0v) is 12.4. The molecule has 1 aromatic heterocycles. The van der Waals surface area contributed by atoms with Gasteiger partial charge in [-0.3, -0.25) is 0 Å². The van der Waals surface area contributed by atoms with Crippen LogP contribution in [0, 0.1) is 12.7 Å². The van der Waals surface area contributed by atoms with Crippen molar-refractivity contribution in [2.24, 2.45) is 0 Å². The van der Waals surface area contributed by atoms with Crippen LogP contribution < -0.4 is 0 Å². The van der Waals surface area contributed by atoms with Crippen LogP contribution in [0.5, 0.6) is 0 Å². The molecule has 0 saturated heterocycles. The summed E-state index contributed by atoms with van der Waals surface area (Å²) in [4.78, 5) is 20.1. The second kappa shape index (κ2) is 6.63. The van der Waals surface area contributed by atoms with Crippen molar-refractivity contribution in [3.8, 4) is 11.4 Å². The molecule has 0 radical (unpaired) electrons. The fourth-order valence-corrected chi connectivity index (χ4v) is 1.97. The summed E-state index contributed by atoms with van der Waals surface area (Å²) in [6, 6.07) is 4.72. The van der Waals surface area contributed by atoms with Gasteiger partial charge in [-0.1, -0.05) is 12.1 Å². The molecule has 2 aromatic rings. The van der Waals surface area contributed by atoms with Gasteiger partial charge in [0.2, 0.25) is 0 Å². The molecule has 6 heteroatoms. The maximum absolute atomic E-state index is 13.6. The van der Waals surface area contributed by atoms with Gasteiger partial charge in [-0.05, 0) is 25.5 Å². The molecular weight excluding hydrogens is 295 g/mol. The summed E-state index contributed by atoms with van der Waals surface area (Å²) in [6.07, 6.45) is 1.36. The molecule has 110 valence electrons. The molecule has 0 saturated carbocycles. The highest BCUT2D eigenvalue weighted by molar-refractivity contribution is 6.17. The fraction of sp³-hybridized carbons (Fsp3) is 0.267. The Hall–Kier alpha value is -2.01. The molecule has 0 amide bonds. The summed E-state index contributed by atoms with van der Waals surface area (Å²) >= 11 is 5.82. The van der Waals surface area contributed by atoms with Gasteiger partial charge in [0.15, 0.2) is 5.82 Å². The number of hydrogen-bond acceptors (Lipinski definition) is 4. The van der Waals surface area contributed by atoms with Gasteiger partial charge in [0, 0.05) is 11.8 Å². The SMILES string of the molecule is CCOC(=O)c1cnc(-c2ccc(C)c(F)c2)nc1CCl. The van der Waals surface area contributed by atoms with Crippen LogP contribution in [0.3, 0.4) is 0 Å². The van der Waals surface area contributed by atoms with E-state index in [0.29, 0.717) is 22.6 Å². The Balaban J connectivity index is 2.42. The molecule has 0 unspecified atom stereocenters. The van der Waals surface area contributed by atoms with Gasteiger partial charge >= 0.3 is 5.97 Å². The molecule has 0 bridgehead atoms. The van der Waals surface area contributed by atoms with E-state index in [2.05, 4.69) is 9.97 Å². The normalized spacial score (nSPS) is 10.5. The Morgan fingerprint density at radius 1 is 1.43 bits per heavy atom. The number of alkyl halides is 1. The number of rotatable bonds is 4. The summed E-state index contributed by atoms with van der Waals surface area (Å²) in [6.45, 7) is 3.64. The Morgan fingerprint density at radius 2 is 2.19 bits per heavy atom. The first-order chi connectivity index (χ1) is 10.1. The maximum atomic E-state index is 13.6. The van der Waals surface area contributed by atoms with Crippen LogP contribution in [0.15, 0.2) is 24.4 Å². The molecular formula is C15H14ClFN2O2. The number of aryl methyl sites for hydroxylation is 1. The van der Waals surface area contributed by atoms with E-state index in [1.807, 2.05) is 0 Å². The van der Waals surface area contributed by atoms with Crippen LogP contribution in [0.4, 0.5) is 4.39 Å². The molecule has 0 aliphatic heterocycles. The second-order valence-electron chi connectivity index (χ2n) is 4.37. The van der Waals surface area contributed by atoms with E-state index in [1.54, 1.807) is 26.0 Å². The molecule has 0 fully saturated rings. The quantitative estimate of drug-likeness (QED) is 0.640. The van der Waals surface area contributed by atoms with E-state index >= 15 is 0 Å². The summed E-state index contributed by atoms with van der Waals surface area (Å²) in [5.74, 6) is -0.497. The molecule has 0 atom stereocenters. The highest BCUT2D eigenvalue weighted by atomic mass is 35.5. The number of aromatic nitrogens is 2. The van der Waals surface area contributed by atoms with E-state index in [-0.39, 0.29) is 23.9 Å². The van der Waals surface area contributed by atoms with Crippen molar-refractivity contribution in [3.63, 3.8) is 0 Å². The van der Waals surface area contributed by atoms with E-state index in [1.165, 1.54) is 12.3 Å². The Labute approximate surface area is 126 Å². The van der Waals surface area contributed by atoms with Crippen molar-refractivity contribution in [2.75, 3.05) is 6.61 Å². The first-order valence-electron chi connectivity index (χ1n) is 6.42. The molecule has 0 N–H and O–H groups in total. The molecule has 2 rings (SSSR count). The third kappa shape index (κ3) is 3.36. The first kappa shape index (κ1) is 15.4. The van der Waals surface area contributed by atoms with Crippen molar-refractivity contribution in [1.29, 1.82) is 0 Å². The minimum atomic E-state index is -0.519. The zero-order chi connectivity index (χ0) is 15.4. The molecule has 0 aliphatic rings. The maximum Gasteiger partial charge on any atom is 0.341 e. The predicted octanol–water partition coefficient (Wildman–Crippen LogP) is 3.51. The number of ether oxygens (including phenoxy) is 1. The summed E-state index contributed by atoms with van der Waals surface area (Å²) in [5.41, 5.74) is 1.66. The lowest BCUT2D eigenvalue weighted by atomic mass is 10.1. The largest absolute Gasteiger partial charge is 0.462 e. The smallest absolute Gasteiger partial charge is 0.341 e. The number of esters is 1. The van der Waals surface area contributed by atoms with Gasteiger partial charge in [0.05, 0.1) is 18.2 Å². The highest BCUT2D eigenvalue weighted by Gasteiger charge is 2.16. The summed E-state index contributed by atoms with van der Waals surface area (Å²) in [5, 5.41) is 0. The minimum Gasteiger partial charge on any atom is -0.462 e. The molecule has 0 spiro atoms. The number of hydrogen-bond donors (Lipinski definition) is 0. The Morgan fingerprint density at radius 3 is 2.81 bits per heavy atom. The molecule has 0 aliphatic carbocycles. The van der Waals surface area contributed by atoms with Crippen LogP contribution in [-0.2, 0) is 10.6 Å². The van der Waals surface area contributed by atoms with E-state index < -0.39 is 5.97 Å². The standard InChI is InChI=1S/C15H14ClFN2O2/c1-3-21-15(20)11-8-18-14(19-13(11)7-16)10-5-4-9(2)12(17)6-10/h4-6,8H,3,7H2,1-2H3.